The van der Waals surface area contributed by atoms with E-state index >= 15 is 0 Å². The lowest BCUT2D eigenvalue weighted by atomic mass is 10.2. The Morgan fingerprint density at radius 1 is 1.25 bits per heavy atom. The third-order valence-corrected chi connectivity index (χ3v) is 3.34. The van der Waals surface area contributed by atoms with Gasteiger partial charge in [-0.05, 0) is 36.4 Å². The number of aliphatic hydroxyl groups is 1. The van der Waals surface area contributed by atoms with Gasteiger partial charge in [-0.3, -0.25) is 4.57 Å². The van der Waals surface area contributed by atoms with Crippen molar-refractivity contribution in [2.75, 3.05) is 5.73 Å². The number of anilines is 1. The minimum atomic E-state index is -0.419. The molecule has 2 aromatic carbocycles. The average Bonchev–Trinajstić information content (AvgIpc) is 2.76. The van der Waals surface area contributed by atoms with Crippen LogP contribution in [-0.2, 0) is 6.61 Å². The summed E-state index contributed by atoms with van der Waals surface area (Å²) in [7, 11) is 0. The zero-order chi connectivity index (χ0) is 14.3. The Bertz CT molecular complexity index is 800. The highest BCUT2D eigenvalue weighted by Gasteiger charge is 2.14. The molecule has 0 atom stereocenters. The zero-order valence-corrected chi connectivity index (χ0v) is 11.1. The number of benzene rings is 2. The van der Waals surface area contributed by atoms with E-state index in [4.69, 9.17) is 17.3 Å². The van der Waals surface area contributed by atoms with Crippen LogP contribution in [0.15, 0.2) is 36.4 Å². The number of aliphatic hydroxyl groups excluding tert-OH is 1. The van der Waals surface area contributed by atoms with Crippen molar-refractivity contribution in [2.45, 2.75) is 6.61 Å². The molecule has 0 radical (unpaired) electrons. The SMILES string of the molecule is Nc1ccc2c(c1)nc(CO)n2-c1ccc(F)cc1Cl. The third kappa shape index (κ3) is 2.01. The van der Waals surface area contributed by atoms with Crippen LogP contribution in [0.25, 0.3) is 16.7 Å². The van der Waals surface area contributed by atoms with Gasteiger partial charge < -0.3 is 10.8 Å². The molecule has 0 saturated carbocycles. The van der Waals surface area contributed by atoms with Crippen LogP contribution in [0.1, 0.15) is 5.82 Å². The number of hydrogen-bond donors (Lipinski definition) is 2. The Kier molecular flexibility index (Phi) is 3.08. The lowest BCUT2D eigenvalue weighted by molar-refractivity contribution is 0.270. The van der Waals surface area contributed by atoms with Crippen molar-refractivity contribution in [2.24, 2.45) is 0 Å². The highest BCUT2D eigenvalue weighted by molar-refractivity contribution is 6.32. The van der Waals surface area contributed by atoms with Gasteiger partial charge in [-0.1, -0.05) is 11.6 Å². The maximum atomic E-state index is 13.2. The fourth-order valence-electron chi connectivity index (χ4n) is 2.18. The van der Waals surface area contributed by atoms with Crippen LogP contribution in [0.3, 0.4) is 0 Å². The highest BCUT2D eigenvalue weighted by Crippen LogP contribution is 2.28. The molecule has 0 aliphatic carbocycles. The summed E-state index contributed by atoms with van der Waals surface area (Å²) < 4.78 is 14.9. The molecular formula is C14H11ClFN3O. The number of nitrogens with two attached hydrogens (primary N) is 1. The number of nitrogen functional groups attached to an aromatic ring is 1. The van der Waals surface area contributed by atoms with E-state index in [0.29, 0.717) is 22.7 Å². The van der Waals surface area contributed by atoms with Gasteiger partial charge in [0.25, 0.3) is 0 Å². The van der Waals surface area contributed by atoms with Crippen LogP contribution in [0.4, 0.5) is 10.1 Å². The monoisotopic (exact) mass is 291 g/mol. The van der Waals surface area contributed by atoms with Crippen molar-refractivity contribution in [3.05, 3.63) is 53.1 Å². The lowest BCUT2D eigenvalue weighted by Crippen LogP contribution is -2.02. The Labute approximate surface area is 119 Å². The van der Waals surface area contributed by atoms with E-state index in [0.717, 1.165) is 5.52 Å². The van der Waals surface area contributed by atoms with Crippen molar-refractivity contribution >= 4 is 28.3 Å². The molecule has 3 aromatic rings. The predicted octanol–water partition coefficient (Wildman–Crippen LogP) is 2.89. The number of nitrogens with zero attached hydrogens (tertiary/aromatic N) is 2. The second-order valence-corrected chi connectivity index (χ2v) is 4.77. The molecule has 20 heavy (non-hydrogen) atoms. The molecule has 3 N–H and O–H groups in total. The summed E-state index contributed by atoms with van der Waals surface area (Å²) in [6.45, 7) is -0.262. The Balaban J connectivity index is 2.34. The van der Waals surface area contributed by atoms with E-state index in [9.17, 15) is 9.50 Å². The van der Waals surface area contributed by atoms with E-state index in [2.05, 4.69) is 4.98 Å². The van der Waals surface area contributed by atoms with Gasteiger partial charge in [0.15, 0.2) is 0 Å². The molecule has 0 aliphatic rings. The fourth-order valence-corrected chi connectivity index (χ4v) is 2.44. The van der Waals surface area contributed by atoms with Gasteiger partial charge in [0.05, 0.1) is 21.7 Å². The normalized spacial score (nSPS) is 11.2. The van der Waals surface area contributed by atoms with Crippen molar-refractivity contribution in [1.82, 2.24) is 9.55 Å². The van der Waals surface area contributed by atoms with Crippen molar-refractivity contribution in [3.63, 3.8) is 0 Å². The number of halogens is 2. The van der Waals surface area contributed by atoms with Crippen LogP contribution in [0.5, 0.6) is 0 Å². The molecule has 0 amide bonds. The van der Waals surface area contributed by atoms with Crippen LogP contribution in [0, 0.1) is 5.82 Å². The van der Waals surface area contributed by atoms with Crippen LogP contribution >= 0.6 is 11.6 Å². The molecule has 0 unspecified atom stereocenters. The molecule has 1 aromatic heterocycles. The minimum Gasteiger partial charge on any atom is -0.399 e. The number of hydrogen-bond acceptors (Lipinski definition) is 3. The first-order chi connectivity index (χ1) is 9.60. The summed E-state index contributed by atoms with van der Waals surface area (Å²) in [5.74, 6) is -0.00271. The fraction of sp³-hybridized carbons (Fsp3) is 0.0714. The number of aromatic nitrogens is 2. The molecular weight excluding hydrogens is 281 g/mol. The van der Waals surface area contributed by atoms with Crippen LogP contribution < -0.4 is 5.73 Å². The zero-order valence-electron chi connectivity index (χ0n) is 10.3. The second kappa shape index (κ2) is 4.77. The van der Waals surface area contributed by atoms with Gasteiger partial charge in [0, 0.05) is 5.69 Å². The average molecular weight is 292 g/mol. The quantitative estimate of drug-likeness (QED) is 0.714. The molecule has 3 rings (SSSR count). The molecule has 0 saturated heterocycles. The molecule has 4 nitrogen and oxygen atoms in total. The first-order valence-corrected chi connectivity index (χ1v) is 6.31. The van der Waals surface area contributed by atoms with Gasteiger partial charge in [0.1, 0.15) is 18.2 Å². The standard InChI is InChI=1S/C14H11ClFN3O/c15-10-5-8(16)1-3-12(10)19-13-4-2-9(17)6-11(13)18-14(19)7-20/h1-6,20H,7,17H2. The summed E-state index contributed by atoms with van der Waals surface area (Å²) in [6.07, 6.45) is 0. The first-order valence-electron chi connectivity index (χ1n) is 5.93. The molecule has 0 fully saturated rings. The smallest absolute Gasteiger partial charge is 0.140 e. The van der Waals surface area contributed by atoms with E-state index in [1.165, 1.54) is 12.1 Å². The summed E-state index contributed by atoms with van der Waals surface area (Å²) in [6, 6.07) is 9.32. The van der Waals surface area contributed by atoms with Gasteiger partial charge >= 0.3 is 0 Å². The van der Waals surface area contributed by atoms with E-state index in [-0.39, 0.29) is 11.6 Å². The Morgan fingerprint density at radius 2 is 2.05 bits per heavy atom. The molecule has 0 bridgehead atoms. The van der Waals surface area contributed by atoms with Crippen LogP contribution in [-0.4, -0.2) is 14.7 Å². The molecule has 6 heteroatoms. The van der Waals surface area contributed by atoms with Crippen molar-refractivity contribution in [3.8, 4) is 5.69 Å². The van der Waals surface area contributed by atoms with Gasteiger partial charge in [-0.15, -0.1) is 0 Å². The van der Waals surface area contributed by atoms with Crippen LogP contribution in [0.2, 0.25) is 5.02 Å². The molecule has 1 heterocycles. The first kappa shape index (κ1) is 12.9. The highest BCUT2D eigenvalue weighted by atomic mass is 35.5. The third-order valence-electron chi connectivity index (χ3n) is 3.04. The maximum Gasteiger partial charge on any atom is 0.140 e. The van der Waals surface area contributed by atoms with E-state index in [1.54, 1.807) is 28.8 Å². The lowest BCUT2D eigenvalue weighted by Gasteiger charge is -2.10. The minimum absolute atomic E-state index is 0.246. The number of imidazole rings is 1. The van der Waals surface area contributed by atoms with Gasteiger partial charge in [-0.25, -0.2) is 9.37 Å². The molecule has 102 valence electrons. The van der Waals surface area contributed by atoms with Crippen molar-refractivity contribution < 1.29 is 9.50 Å². The predicted molar refractivity (Wildman–Crippen MR) is 76.4 cm³/mol. The molecule has 0 spiro atoms. The summed E-state index contributed by atoms with van der Waals surface area (Å²) in [4.78, 5) is 4.31. The summed E-state index contributed by atoms with van der Waals surface area (Å²) in [5, 5.41) is 9.71. The van der Waals surface area contributed by atoms with E-state index < -0.39 is 5.82 Å². The molecule has 0 aliphatic heterocycles. The topological polar surface area (TPSA) is 64.1 Å². The maximum absolute atomic E-state index is 13.2. The van der Waals surface area contributed by atoms with E-state index in [1.807, 2.05) is 0 Å². The Morgan fingerprint density at radius 3 is 2.75 bits per heavy atom. The Hall–Kier alpha value is -2.11. The second-order valence-electron chi connectivity index (χ2n) is 4.37. The van der Waals surface area contributed by atoms with Crippen molar-refractivity contribution in [1.29, 1.82) is 0 Å². The summed E-state index contributed by atoms with van der Waals surface area (Å²) in [5.41, 5.74) is 8.26. The van der Waals surface area contributed by atoms with Gasteiger partial charge in [0.2, 0.25) is 0 Å². The number of fused-ring (bicyclic) bond motifs is 1. The summed E-state index contributed by atoms with van der Waals surface area (Å²) >= 11 is 6.09. The number of rotatable bonds is 2. The van der Waals surface area contributed by atoms with Gasteiger partial charge in [-0.2, -0.15) is 0 Å². The largest absolute Gasteiger partial charge is 0.399 e.